The standard InChI is InChI=1S/C19H31NO/c1-18-10-3-4-16(18)15-8-6-13-5-7-14(20-21)12-19(13,2)17(15)9-11-18/h13,15-17,21H,3-12H2,1-2H3/b20-14+. The van der Waals surface area contributed by atoms with Gasteiger partial charge in [-0.2, -0.15) is 0 Å². The highest BCUT2D eigenvalue weighted by Crippen LogP contribution is 2.65. The van der Waals surface area contributed by atoms with Crippen LogP contribution in [0.25, 0.3) is 0 Å². The van der Waals surface area contributed by atoms with Gasteiger partial charge in [0.25, 0.3) is 0 Å². The van der Waals surface area contributed by atoms with Gasteiger partial charge in [0.15, 0.2) is 0 Å². The average molecular weight is 289 g/mol. The first-order valence-electron chi connectivity index (χ1n) is 9.27. The normalized spacial score (nSPS) is 54.9. The summed E-state index contributed by atoms with van der Waals surface area (Å²) in [4.78, 5) is 0. The summed E-state index contributed by atoms with van der Waals surface area (Å²) >= 11 is 0. The highest BCUT2D eigenvalue weighted by Gasteiger charge is 2.57. The van der Waals surface area contributed by atoms with Crippen LogP contribution in [0.3, 0.4) is 0 Å². The van der Waals surface area contributed by atoms with Crippen molar-refractivity contribution in [1.29, 1.82) is 0 Å². The average Bonchev–Trinajstić information content (AvgIpc) is 2.87. The van der Waals surface area contributed by atoms with Gasteiger partial charge in [-0.05, 0) is 92.3 Å². The van der Waals surface area contributed by atoms with Crippen LogP contribution < -0.4 is 0 Å². The summed E-state index contributed by atoms with van der Waals surface area (Å²) < 4.78 is 0. The van der Waals surface area contributed by atoms with Crippen LogP contribution in [-0.4, -0.2) is 10.9 Å². The Morgan fingerprint density at radius 3 is 2.67 bits per heavy atom. The zero-order valence-electron chi connectivity index (χ0n) is 13.8. The zero-order chi connectivity index (χ0) is 14.7. The van der Waals surface area contributed by atoms with Crippen LogP contribution in [0.15, 0.2) is 5.16 Å². The number of hydrogen-bond acceptors (Lipinski definition) is 2. The van der Waals surface area contributed by atoms with Crippen LogP contribution in [-0.2, 0) is 0 Å². The molecule has 0 heterocycles. The molecular weight excluding hydrogens is 258 g/mol. The minimum Gasteiger partial charge on any atom is -0.411 e. The van der Waals surface area contributed by atoms with Crippen LogP contribution in [0.5, 0.6) is 0 Å². The molecule has 0 saturated heterocycles. The molecule has 0 bridgehead atoms. The van der Waals surface area contributed by atoms with E-state index in [1.54, 1.807) is 0 Å². The lowest BCUT2D eigenvalue weighted by atomic mass is 9.45. The summed E-state index contributed by atoms with van der Waals surface area (Å²) in [5.41, 5.74) is 2.16. The SMILES string of the molecule is CC12CCCC1C1CCC3CC/C(=N\O)CC3(C)C1CC2. The maximum atomic E-state index is 9.27. The first-order chi connectivity index (χ1) is 10.1. The molecule has 2 heteroatoms. The molecule has 4 aliphatic rings. The highest BCUT2D eigenvalue weighted by atomic mass is 16.4. The minimum absolute atomic E-state index is 0.423. The Kier molecular flexibility index (Phi) is 3.17. The van der Waals surface area contributed by atoms with Gasteiger partial charge in [-0.15, -0.1) is 0 Å². The summed E-state index contributed by atoms with van der Waals surface area (Å²) in [7, 11) is 0. The van der Waals surface area contributed by atoms with E-state index in [0.29, 0.717) is 10.8 Å². The lowest BCUT2D eigenvalue weighted by molar-refractivity contribution is -0.0891. The number of hydrogen-bond donors (Lipinski definition) is 1. The van der Waals surface area contributed by atoms with Crippen LogP contribution in [0.4, 0.5) is 0 Å². The van der Waals surface area contributed by atoms with Crippen LogP contribution in [0.1, 0.15) is 78.1 Å². The lowest BCUT2D eigenvalue weighted by Crippen LogP contribution is -2.53. The van der Waals surface area contributed by atoms with E-state index in [2.05, 4.69) is 19.0 Å². The number of rotatable bonds is 0. The molecular formula is C19H31NO. The summed E-state index contributed by atoms with van der Waals surface area (Å²) in [6, 6.07) is 0. The van der Waals surface area contributed by atoms with Crippen molar-refractivity contribution < 1.29 is 5.21 Å². The van der Waals surface area contributed by atoms with Crippen molar-refractivity contribution in [2.75, 3.05) is 0 Å². The largest absolute Gasteiger partial charge is 0.411 e. The summed E-state index contributed by atoms with van der Waals surface area (Å²) in [6.45, 7) is 5.12. The second-order valence-corrected chi connectivity index (χ2v) is 9.12. The van der Waals surface area contributed by atoms with E-state index in [9.17, 15) is 5.21 Å². The molecule has 6 unspecified atom stereocenters. The van der Waals surface area contributed by atoms with Crippen molar-refractivity contribution in [2.45, 2.75) is 78.1 Å². The van der Waals surface area contributed by atoms with E-state index in [-0.39, 0.29) is 0 Å². The molecule has 2 nitrogen and oxygen atoms in total. The Labute approximate surface area is 129 Å². The van der Waals surface area contributed by atoms with Gasteiger partial charge < -0.3 is 5.21 Å². The molecule has 4 aliphatic carbocycles. The summed E-state index contributed by atoms with van der Waals surface area (Å²) in [5.74, 6) is 3.73. The van der Waals surface area contributed by atoms with Gasteiger partial charge in [0.1, 0.15) is 0 Å². The first kappa shape index (κ1) is 14.1. The Morgan fingerprint density at radius 2 is 1.86 bits per heavy atom. The Balaban J connectivity index is 1.65. The van der Waals surface area contributed by atoms with Gasteiger partial charge in [0.2, 0.25) is 0 Å². The molecule has 118 valence electrons. The maximum Gasteiger partial charge on any atom is 0.0576 e. The molecule has 4 saturated carbocycles. The van der Waals surface area contributed by atoms with Gasteiger partial charge >= 0.3 is 0 Å². The molecule has 0 aromatic rings. The summed E-state index contributed by atoms with van der Waals surface area (Å²) in [6.07, 6.45) is 13.6. The van der Waals surface area contributed by atoms with Crippen molar-refractivity contribution in [2.24, 2.45) is 39.7 Å². The minimum atomic E-state index is 0.423. The van der Waals surface area contributed by atoms with Gasteiger partial charge in [0.05, 0.1) is 5.71 Å². The highest BCUT2D eigenvalue weighted by molar-refractivity contribution is 5.85. The van der Waals surface area contributed by atoms with E-state index in [1.807, 2.05) is 0 Å². The molecule has 0 aromatic heterocycles. The number of fused-ring (bicyclic) bond motifs is 5. The lowest BCUT2D eigenvalue weighted by Gasteiger charge is -2.59. The smallest absolute Gasteiger partial charge is 0.0576 e. The van der Waals surface area contributed by atoms with E-state index >= 15 is 0 Å². The first-order valence-corrected chi connectivity index (χ1v) is 9.27. The molecule has 6 atom stereocenters. The third-order valence-corrected chi connectivity index (χ3v) is 8.35. The van der Waals surface area contributed by atoms with Gasteiger partial charge in [-0.25, -0.2) is 0 Å². The van der Waals surface area contributed by atoms with Crippen LogP contribution in [0, 0.1) is 34.5 Å². The Morgan fingerprint density at radius 1 is 1.00 bits per heavy atom. The van der Waals surface area contributed by atoms with Crippen molar-refractivity contribution in [3.05, 3.63) is 0 Å². The van der Waals surface area contributed by atoms with Crippen molar-refractivity contribution in [3.63, 3.8) is 0 Å². The third-order valence-electron chi connectivity index (χ3n) is 8.35. The molecule has 4 fully saturated rings. The van der Waals surface area contributed by atoms with Crippen molar-refractivity contribution in [3.8, 4) is 0 Å². The second kappa shape index (κ2) is 4.73. The molecule has 1 N–H and O–H groups in total. The third kappa shape index (κ3) is 1.93. The van der Waals surface area contributed by atoms with Crippen molar-refractivity contribution in [1.82, 2.24) is 0 Å². The topological polar surface area (TPSA) is 32.6 Å². The maximum absolute atomic E-state index is 9.27. The van der Waals surface area contributed by atoms with Gasteiger partial charge in [0, 0.05) is 0 Å². The Hall–Kier alpha value is -0.530. The Bertz CT molecular complexity index is 458. The number of nitrogens with zero attached hydrogens (tertiary/aromatic N) is 1. The van der Waals surface area contributed by atoms with E-state index in [4.69, 9.17) is 0 Å². The molecule has 0 amide bonds. The van der Waals surface area contributed by atoms with Crippen LogP contribution >= 0.6 is 0 Å². The van der Waals surface area contributed by atoms with E-state index in [0.717, 1.165) is 42.2 Å². The second-order valence-electron chi connectivity index (χ2n) is 9.12. The van der Waals surface area contributed by atoms with Crippen LogP contribution in [0.2, 0.25) is 0 Å². The van der Waals surface area contributed by atoms with E-state index < -0.39 is 0 Å². The van der Waals surface area contributed by atoms with Gasteiger partial charge in [-0.3, -0.25) is 0 Å². The summed E-state index contributed by atoms with van der Waals surface area (Å²) in [5, 5.41) is 12.9. The predicted octanol–water partition coefficient (Wildman–Crippen LogP) is 5.25. The molecule has 4 rings (SSSR count). The van der Waals surface area contributed by atoms with E-state index in [1.165, 1.54) is 51.4 Å². The zero-order valence-corrected chi connectivity index (χ0v) is 13.8. The fourth-order valence-corrected chi connectivity index (χ4v) is 7.23. The molecule has 0 aliphatic heterocycles. The molecule has 21 heavy (non-hydrogen) atoms. The monoisotopic (exact) mass is 289 g/mol. The fraction of sp³-hybridized carbons (Fsp3) is 0.947. The fourth-order valence-electron chi connectivity index (χ4n) is 7.23. The predicted molar refractivity (Wildman–Crippen MR) is 85.6 cm³/mol. The van der Waals surface area contributed by atoms with Gasteiger partial charge in [-0.1, -0.05) is 25.4 Å². The molecule has 0 aromatic carbocycles. The van der Waals surface area contributed by atoms with Crippen molar-refractivity contribution >= 4 is 5.71 Å². The molecule has 0 radical (unpaired) electrons. The number of oxime groups is 1. The molecule has 0 spiro atoms. The quantitative estimate of drug-likeness (QED) is 0.479.